The predicted octanol–water partition coefficient (Wildman–Crippen LogP) is 1.60. The van der Waals surface area contributed by atoms with Crippen LogP contribution < -0.4 is 10.6 Å². The quantitative estimate of drug-likeness (QED) is 0.814. The van der Waals surface area contributed by atoms with Crippen molar-refractivity contribution in [2.45, 2.75) is 6.18 Å². The van der Waals surface area contributed by atoms with Gasteiger partial charge in [-0.15, -0.1) is 0 Å². The Kier molecular flexibility index (Phi) is 3.58. The molecule has 9 heteroatoms. The minimum Gasteiger partial charge on any atom is -0.329 e. The van der Waals surface area contributed by atoms with Crippen molar-refractivity contribution in [1.82, 2.24) is 10.2 Å². The maximum atomic E-state index is 11.9. The Labute approximate surface area is 116 Å². The number of nitrogens with one attached hydrogen (secondary N) is 2. The van der Waals surface area contributed by atoms with E-state index in [0.29, 0.717) is 0 Å². The van der Waals surface area contributed by atoms with E-state index >= 15 is 0 Å². The molecule has 0 spiro atoms. The monoisotopic (exact) mass is 301 g/mol. The summed E-state index contributed by atoms with van der Waals surface area (Å²) < 4.78 is 35.8. The second-order valence-electron chi connectivity index (χ2n) is 4.35. The highest BCUT2D eigenvalue weighted by atomic mass is 19.4. The highest BCUT2D eigenvalue weighted by molar-refractivity contribution is 6.21. The highest BCUT2D eigenvalue weighted by Crippen LogP contribution is 2.24. The number of carbonyl (C=O) groups excluding carboxylic acids is 3. The predicted molar refractivity (Wildman–Crippen MR) is 65.9 cm³/mol. The van der Waals surface area contributed by atoms with E-state index in [1.165, 1.54) is 25.2 Å². The van der Waals surface area contributed by atoms with Crippen LogP contribution in [0.15, 0.2) is 18.2 Å². The first-order valence-electron chi connectivity index (χ1n) is 5.77. The first-order valence-corrected chi connectivity index (χ1v) is 5.77. The van der Waals surface area contributed by atoms with Crippen molar-refractivity contribution < 1.29 is 27.6 Å². The molecule has 21 heavy (non-hydrogen) atoms. The van der Waals surface area contributed by atoms with Crippen LogP contribution in [0.25, 0.3) is 0 Å². The summed E-state index contributed by atoms with van der Waals surface area (Å²) in [6, 6.07) is 2.85. The molecule has 6 nitrogen and oxygen atoms in total. The molecule has 1 aromatic carbocycles. The van der Waals surface area contributed by atoms with E-state index in [-0.39, 0.29) is 16.8 Å². The molecule has 0 saturated heterocycles. The molecule has 0 radical (unpaired) electrons. The Balaban J connectivity index is 2.09. The van der Waals surface area contributed by atoms with E-state index in [2.05, 4.69) is 5.32 Å². The lowest BCUT2D eigenvalue weighted by molar-refractivity contribution is -0.122. The molecule has 1 aromatic rings. The molecule has 0 aliphatic carbocycles. The van der Waals surface area contributed by atoms with Crippen molar-refractivity contribution in [3.63, 3.8) is 0 Å². The van der Waals surface area contributed by atoms with Gasteiger partial charge in [-0.2, -0.15) is 13.2 Å². The molecule has 1 heterocycles. The summed E-state index contributed by atoms with van der Waals surface area (Å²) in [5.41, 5.74) is 0.393. The molecule has 4 amide bonds. The number of fused-ring (bicyclic) bond motifs is 1. The third-order valence-electron chi connectivity index (χ3n) is 2.80. The fourth-order valence-electron chi connectivity index (χ4n) is 1.79. The molecule has 0 aromatic heterocycles. The van der Waals surface area contributed by atoms with E-state index in [4.69, 9.17) is 0 Å². The highest BCUT2D eigenvalue weighted by Gasteiger charge is 2.33. The molecule has 0 bridgehead atoms. The number of imide groups is 1. The van der Waals surface area contributed by atoms with Gasteiger partial charge in [0.1, 0.15) is 6.54 Å². The number of carbonyl (C=O) groups is 3. The molecule has 2 rings (SSSR count). The summed E-state index contributed by atoms with van der Waals surface area (Å²) in [4.78, 5) is 35.6. The lowest BCUT2D eigenvalue weighted by Crippen LogP contribution is -2.36. The largest absolute Gasteiger partial charge is 0.405 e. The van der Waals surface area contributed by atoms with Gasteiger partial charge < -0.3 is 10.6 Å². The zero-order valence-electron chi connectivity index (χ0n) is 10.7. The molecular formula is C12H10F3N3O3. The van der Waals surface area contributed by atoms with E-state index in [1.54, 1.807) is 5.32 Å². The van der Waals surface area contributed by atoms with Gasteiger partial charge in [-0.25, -0.2) is 4.79 Å². The number of halogens is 3. The second-order valence-corrected chi connectivity index (χ2v) is 4.35. The molecule has 0 saturated carbocycles. The van der Waals surface area contributed by atoms with Gasteiger partial charge in [0.25, 0.3) is 11.8 Å². The molecule has 0 unspecified atom stereocenters. The SMILES string of the molecule is CN1C(=O)c2ccc(NC(=O)NCC(F)(F)F)cc2C1=O. The fourth-order valence-corrected chi connectivity index (χ4v) is 1.79. The minimum absolute atomic E-state index is 0.0936. The first kappa shape index (κ1) is 14.8. The number of benzene rings is 1. The summed E-state index contributed by atoms with van der Waals surface area (Å²) >= 11 is 0. The van der Waals surface area contributed by atoms with Crippen molar-refractivity contribution in [1.29, 1.82) is 0 Å². The Morgan fingerprint density at radius 2 is 1.81 bits per heavy atom. The van der Waals surface area contributed by atoms with Gasteiger partial charge in [0.05, 0.1) is 11.1 Å². The summed E-state index contributed by atoms with van der Waals surface area (Å²) in [6.07, 6.45) is -4.51. The maximum Gasteiger partial charge on any atom is 0.405 e. The van der Waals surface area contributed by atoms with Crippen LogP contribution in [0.3, 0.4) is 0 Å². The average Bonchev–Trinajstić information content (AvgIpc) is 2.61. The second kappa shape index (κ2) is 5.08. The van der Waals surface area contributed by atoms with Crippen molar-refractivity contribution in [3.05, 3.63) is 29.3 Å². The van der Waals surface area contributed by atoms with Crippen LogP contribution >= 0.6 is 0 Å². The van der Waals surface area contributed by atoms with Crippen LogP contribution in [0.5, 0.6) is 0 Å². The third kappa shape index (κ3) is 3.12. The number of alkyl halides is 3. The molecular weight excluding hydrogens is 291 g/mol. The number of amides is 4. The molecule has 0 fully saturated rings. The smallest absolute Gasteiger partial charge is 0.329 e. The van der Waals surface area contributed by atoms with E-state index < -0.39 is 30.6 Å². The van der Waals surface area contributed by atoms with E-state index in [0.717, 1.165) is 4.90 Å². The maximum absolute atomic E-state index is 11.9. The summed E-state index contributed by atoms with van der Waals surface area (Å²) in [5.74, 6) is -1.00. The van der Waals surface area contributed by atoms with Gasteiger partial charge in [-0.3, -0.25) is 14.5 Å². The molecule has 1 aliphatic heterocycles. The number of anilines is 1. The lowest BCUT2D eigenvalue weighted by Gasteiger charge is -2.10. The van der Waals surface area contributed by atoms with Crippen LogP contribution in [0.2, 0.25) is 0 Å². The Hall–Kier alpha value is -2.58. The summed E-state index contributed by atoms with van der Waals surface area (Å²) in [7, 11) is 1.31. The van der Waals surface area contributed by atoms with Crippen molar-refractivity contribution in [2.24, 2.45) is 0 Å². The van der Waals surface area contributed by atoms with Crippen LogP contribution in [0.4, 0.5) is 23.7 Å². The molecule has 0 atom stereocenters. The number of rotatable bonds is 2. The topological polar surface area (TPSA) is 78.5 Å². The van der Waals surface area contributed by atoms with Crippen LogP contribution in [0, 0.1) is 0 Å². The normalized spacial score (nSPS) is 14.2. The van der Waals surface area contributed by atoms with Crippen molar-refractivity contribution in [3.8, 4) is 0 Å². The van der Waals surface area contributed by atoms with Gasteiger partial charge in [-0.1, -0.05) is 0 Å². The standard InChI is InChI=1S/C12H10F3N3O3/c1-18-9(19)7-3-2-6(4-8(7)10(18)20)17-11(21)16-5-12(13,14)15/h2-4H,5H2,1H3,(H2,16,17,21). The van der Waals surface area contributed by atoms with Crippen molar-refractivity contribution in [2.75, 3.05) is 18.9 Å². The summed E-state index contributed by atoms with van der Waals surface area (Å²) in [6.45, 7) is -1.47. The number of hydrogen-bond acceptors (Lipinski definition) is 3. The minimum atomic E-state index is -4.51. The van der Waals surface area contributed by atoms with E-state index in [1.807, 2.05) is 0 Å². The van der Waals surface area contributed by atoms with Crippen LogP contribution in [-0.4, -0.2) is 42.5 Å². The van der Waals surface area contributed by atoms with Gasteiger partial charge in [0, 0.05) is 12.7 Å². The molecule has 112 valence electrons. The Morgan fingerprint density at radius 1 is 1.19 bits per heavy atom. The number of hydrogen-bond donors (Lipinski definition) is 2. The Bertz CT molecular complexity index is 628. The first-order chi connectivity index (χ1) is 9.69. The third-order valence-corrected chi connectivity index (χ3v) is 2.80. The zero-order valence-corrected chi connectivity index (χ0v) is 10.7. The van der Waals surface area contributed by atoms with Gasteiger partial charge in [0.2, 0.25) is 0 Å². The van der Waals surface area contributed by atoms with Crippen LogP contribution in [0.1, 0.15) is 20.7 Å². The lowest BCUT2D eigenvalue weighted by atomic mass is 10.1. The van der Waals surface area contributed by atoms with Gasteiger partial charge >= 0.3 is 12.2 Å². The molecule has 2 N–H and O–H groups in total. The van der Waals surface area contributed by atoms with Gasteiger partial charge in [-0.05, 0) is 18.2 Å². The number of nitrogens with zero attached hydrogens (tertiary/aromatic N) is 1. The average molecular weight is 301 g/mol. The Morgan fingerprint density at radius 3 is 2.43 bits per heavy atom. The van der Waals surface area contributed by atoms with E-state index in [9.17, 15) is 27.6 Å². The van der Waals surface area contributed by atoms with Crippen molar-refractivity contribution >= 4 is 23.5 Å². The number of urea groups is 1. The summed E-state index contributed by atoms with van der Waals surface area (Å²) in [5, 5.41) is 3.79. The van der Waals surface area contributed by atoms with Gasteiger partial charge in [0.15, 0.2) is 0 Å². The zero-order chi connectivity index (χ0) is 15.8. The fraction of sp³-hybridized carbons (Fsp3) is 0.250. The molecule has 1 aliphatic rings. The van der Waals surface area contributed by atoms with Crippen LogP contribution in [-0.2, 0) is 0 Å².